The molecule has 0 unspecified atom stereocenters. The van der Waals surface area contributed by atoms with E-state index in [4.69, 9.17) is 5.26 Å². The van der Waals surface area contributed by atoms with Crippen LogP contribution in [0.3, 0.4) is 0 Å². The monoisotopic (exact) mass is 435 g/mol. The summed E-state index contributed by atoms with van der Waals surface area (Å²) < 4.78 is 2.14. The molecule has 1 N–H and O–H groups in total. The SMILES string of the molecule is N#CCSc1ccccc1NC(=O)CSc1nnc(C2CC2)n1Cc1ccccc1. The molecular weight excluding hydrogens is 414 g/mol. The zero-order chi connectivity index (χ0) is 20.8. The van der Waals surface area contributed by atoms with Crippen LogP contribution in [0, 0.1) is 11.3 Å². The van der Waals surface area contributed by atoms with Crippen LogP contribution in [0.5, 0.6) is 0 Å². The molecule has 0 bridgehead atoms. The summed E-state index contributed by atoms with van der Waals surface area (Å²) in [4.78, 5) is 13.5. The molecule has 1 aliphatic rings. The van der Waals surface area contributed by atoms with E-state index in [9.17, 15) is 4.79 Å². The van der Waals surface area contributed by atoms with Gasteiger partial charge in [-0.2, -0.15) is 5.26 Å². The predicted octanol–water partition coefficient (Wildman–Crippen LogP) is 4.55. The highest BCUT2D eigenvalue weighted by atomic mass is 32.2. The molecular formula is C22H21N5OS2. The smallest absolute Gasteiger partial charge is 0.234 e. The lowest BCUT2D eigenvalue weighted by molar-refractivity contribution is -0.113. The van der Waals surface area contributed by atoms with Gasteiger partial charge in [0.1, 0.15) is 5.82 Å². The van der Waals surface area contributed by atoms with Gasteiger partial charge >= 0.3 is 0 Å². The second-order valence-corrected chi connectivity index (χ2v) is 8.93. The number of benzene rings is 2. The Bertz CT molecular complexity index is 1060. The number of aromatic nitrogens is 3. The lowest BCUT2D eigenvalue weighted by atomic mass is 10.2. The topological polar surface area (TPSA) is 83.6 Å². The predicted molar refractivity (Wildman–Crippen MR) is 120 cm³/mol. The minimum atomic E-state index is -0.104. The third kappa shape index (κ3) is 5.23. The van der Waals surface area contributed by atoms with E-state index in [-0.39, 0.29) is 11.7 Å². The molecule has 6 nitrogen and oxygen atoms in total. The van der Waals surface area contributed by atoms with Crippen molar-refractivity contribution in [3.8, 4) is 6.07 Å². The third-order valence-corrected chi connectivity index (χ3v) is 6.56. The summed E-state index contributed by atoms with van der Waals surface area (Å²) in [5.41, 5.74) is 1.92. The van der Waals surface area contributed by atoms with Crippen LogP contribution < -0.4 is 5.32 Å². The number of hydrogen-bond acceptors (Lipinski definition) is 6. The lowest BCUT2D eigenvalue weighted by Gasteiger charge is -2.11. The van der Waals surface area contributed by atoms with Gasteiger partial charge in [0, 0.05) is 10.8 Å². The fraction of sp³-hybridized carbons (Fsp3) is 0.273. The molecule has 1 amide bonds. The third-order valence-electron chi connectivity index (χ3n) is 4.66. The van der Waals surface area contributed by atoms with E-state index in [0.717, 1.165) is 34.4 Å². The Morgan fingerprint density at radius 1 is 1.10 bits per heavy atom. The van der Waals surface area contributed by atoms with Crippen molar-refractivity contribution in [3.63, 3.8) is 0 Å². The van der Waals surface area contributed by atoms with Gasteiger partial charge in [0.2, 0.25) is 5.91 Å². The van der Waals surface area contributed by atoms with Crippen molar-refractivity contribution in [2.45, 2.75) is 35.4 Å². The number of rotatable bonds is 9. The van der Waals surface area contributed by atoms with Crippen LogP contribution in [-0.2, 0) is 11.3 Å². The van der Waals surface area contributed by atoms with Crippen LogP contribution in [0.2, 0.25) is 0 Å². The Kier molecular flexibility index (Phi) is 6.72. The van der Waals surface area contributed by atoms with Gasteiger partial charge in [-0.3, -0.25) is 4.79 Å². The molecule has 1 aromatic heterocycles. The average molecular weight is 436 g/mol. The first-order chi connectivity index (χ1) is 14.7. The summed E-state index contributed by atoms with van der Waals surface area (Å²) in [6.45, 7) is 0.706. The molecule has 0 saturated heterocycles. The van der Waals surface area contributed by atoms with Crippen molar-refractivity contribution < 1.29 is 4.79 Å². The van der Waals surface area contributed by atoms with E-state index in [1.165, 1.54) is 29.1 Å². The van der Waals surface area contributed by atoms with E-state index < -0.39 is 0 Å². The largest absolute Gasteiger partial charge is 0.324 e. The van der Waals surface area contributed by atoms with E-state index >= 15 is 0 Å². The molecule has 2 aromatic carbocycles. The van der Waals surface area contributed by atoms with Gasteiger partial charge in [-0.05, 0) is 30.5 Å². The summed E-state index contributed by atoms with van der Waals surface area (Å²) in [5, 5.41) is 21.3. The average Bonchev–Trinajstić information content (AvgIpc) is 3.54. The van der Waals surface area contributed by atoms with Crippen LogP contribution in [0.25, 0.3) is 0 Å². The molecule has 1 heterocycles. The Morgan fingerprint density at radius 2 is 1.87 bits per heavy atom. The number of nitrogens with one attached hydrogen (secondary N) is 1. The summed E-state index contributed by atoms with van der Waals surface area (Å²) in [7, 11) is 0. The Balaban J connectivity index is 1.43. The highest BCUT2D eigenvalue weighted by Gasteiger charge is 2.30. The van der Waals surface area contributed by atoms with Crippen molar-refractivity contribution in [1.82, 2.24) is 14.8 Å². The fourth-order valence-electron chi connectivity index (χ4n) is 3.09. The van der Waals surface area contributed by atoms with Crippen LogP contribution in [0.1, 0.15) is 30.1 Å². The number of anilines is 1. The molecule has 30 heavy (non-hydrogen) atoms. The Hall–Kier alpha value is -2.76. The van der Waals surface area contributed by atoms with Crippen molar-refractivity contribution in [1.29, 1.82) is 5.26 Å². The highest BCUT2D eigenvalue weighted by Crippen LogP contribution is 2.40. The van der Waals surface area contributed by atoms with Crippen LogP contribution in [0.15, 0.2) is 64.6 Å². The second kappa shape index (κ2) is 9.83. The lowest BCUT2D eigenvalue weighted by Crippen LogP contribution is -2.15. The molecule has 1 fully saturated rings. The number of thioether (sulfide) groups is 2. The minimum absolute atomic E-state index is 0.104. The van der Waals surface area contributed by atoms with E-state index in [0.29, 0.717) is 18.2 Å². The first kappa shape index (κ1) is 20.5. The summed E-state index contributed by atoms with van der Waals surface area (Å²) in [6.07, 6.45) is 2.30. The minimum Gasteiger partial charge on any atom is -0.324 e. The number of amides is 1. The first-order valence-corrected chi connectivity index (χ1v) is 11.7. The molecule has 8 heteroatoms. The number of carbonyl (C=O) groups is 1. The first-order valence-electron chi connectivity index (χ1n) is 9.73. The standard InChI is InChI=1S/C22H21N5OS2/c23-12-13-29-19-9-5-4-8-18(19)24-20(28)15-30-22-26-25-21(17-10-11-17)27(22)14-16-6-2-1-3-7-16/h1-9,17H,10-11,13-15H2,(H,24,28). The fourth-order valence-corrected chi connectivity index (χ4v) is 4.50. The van der Waals surface area contributed by atoms with E-state index in [2.05, 4.69) is 38.3 Å². The van der Waals surface area contributed by atoms with Gasteiger partial charge in [0.25, 0.3) is 0 Å². The normalized spacial score (nSPS) is 13.0. The van der Waals surface area contributed by atoms with Crippen molar-refractivity contribution in [3.05, 3.63) is 66.0 Å². The van der Waals surface area contributed by atoms with Gasteiger partial charge in [0.15, 0.2) is 5.16 Å². The van der Waals surface area contributed by atoms with Gasteiger partial charge in [-0.25, -0.2) is 0 Å². The molecule has 1 saturated carbocycles. The van der Waals surface area contributed by atoms with Crippen molar-refractivity contribution >= 4 is 35.1 Å². The van der Waals surface area contributed by atoms with Crippen molar-refractivity contribution in [2.24, 2.45) is 0 Å². The molecule has 1 aliphatic carbocycles. The summed E-state index contributed by atoms with van der Waals surface area (Å²) in [5.74, 6) is 1.98. The molecule has 0 aliphatic heterocycles. The van der Waals surface area contributed by atoms with E-state index in [1.807, 2.05) is 42.5 Å². The van der Waals surface area contributed by atoms with E-state index in [1.54, 1.807) is 0 Å². The number of para-hydroxylation sites is 1. The highest BCUT2D eigenvalue weighted by molar-refractivity contribution is 8.00. The zero-order valence-corrected chi connectivity index (χ0v) is 18.0. The summed E-state index contributed by atoms with van der Waals surface area (Å²) >= 11 is 2.81. The van der Waals surface area contributed by atoms with Gasteiger partial charge in [-0.1, -0.05) is 54.2 Å². The maximum absolute atomic E-state index is 12.6. The molecule has 4 rings (SSSR count). The second-order valence-electron chi connectivity index (χ2n) is 6.97. The van der Waals surface area contributed by atoms with Gasteiger partial charge in [-0.15, -0.1) is 22.0 Å². The molecule has 0 spiro atoms. The number of nitrogens with zero attached hydrogens (tertiary/aromatic N) is 4. The summed E-state index contributed by atoms with van der Waals surface area (Å²) in [6, 6.07) is 19.9. The van der Waals surface area contributed by atoms with Gasteiger partial charge in [0.05, 0.1) is 29.8 Å². The van der Waals surface area contributed by atoms with Crippen molar-refractivity contribution in [2.75, 3.05) is 16.8 Å². The number of carbonyl (C=O) groups excluding carboxylic acids is 1. The Labute approximate surface area is 184 Å². The van der Waals surface area contributed by atoms with Crippen LogP contribution >= 0.6 is 23.5 Å². The molecule has 152 valence electrons. The molecule has 0 radical (unpaired) electrons. The maximum atomic E-state index is 12.6. The quantitative estimate of drug-likeness (QED) is 0.497. The molecule has 0 atom stereocenters. The number of hydrogen-bond donors (Lipinski definition) is 1. The Morgan fingerprint density at radius 3 is 2.63 bits per heavy atom. The number of nitriles is 1. The maximum Gasteiger partial charge on any atom is 0.234 e. The van der Waals surface area contributed by atoms with Gasteiger partial charge < -0.3 is 9.88 Å². The molecule has 3 aromatic rings. The van der Waals surface area contributed by atoms with Crippen LogP contribution in [0.4, 0.5) is 5.69 Å². The van der Waals surface area contributed by atoms with Crippen LogP contribution in [-0.4, -0.2) is 32.2 Å². The zero-order valence-electron chi connectivity index (χ0n) is 16.3.